The van der Waals surface area contributed by atoms with Gasteiger partial charge in [0.25, 0.3) is 26.0 Å². The Balaban J connectivity index is 1.81. The average Bonchev–Trinajstić information content (AvgIpc) is 2.79. The summed E-state index contributed by atoms with van der Waals surface area (Å²) in [6.45, 7) is 1.89. The number of aryl methyl sites for hydroxylation is 1. The summed E-state index contributed by atoms with van der Waals surface area (Å²) in [5.74, 6) is -0.275. The molecule has 1 amide bonds. The molecule has 0 bridgehead atoms. The van der Waals surface area contributed by atoms with Crippen LogP contribution in [0, 0.1) is 6.92 Å². The van der Waals surface area contributed by atoms with E-state index in [1.54, 1.807) is 24.3 Å². The Hall–Kier alpha value is -3.57. The lowest BCUT2D eigenvalue weighted by molar-refractivity contribution is 0.0960. The molecule has 11 heteroatoms. The quantitative estimate of drug-likeness (QED) is 0.446. The second-order valence-corrected chi connectivity index (χ2v) is 10.4. The topological polar surface area (TPSA) is 131 Å². The predicted octanol–water partition coefficient (Wildman–Crippen LogP) is 2.96. The van der Waals surface area contributed by atoms with Crippen LogP contribution in [0.2, 0.25) is 0 Å². The van der Waals surface area contributed by atoms with Crippen LogP contribution in [0.5, 0.6) is 5.75 Å². The molecule has 0 unspecified atom stereocenters. The molecule has 0 spiro atoms. The number of methoxy groups -OCH3 is 1. The van der Waals surface area contributed by atoms with Crippen LogP contribution < -0.4 is 19.5 Å². The lowest BCUT2D eigenvalue weighted by atomic mass is 10.2. The Morgan fingerprint density at radius 1 is 0.758 bits per heavy atom. The van der Waals surface area contributed by atoms with E-state index in [-0.39, 0.29) is 26.8 Å². The van der Waals surface area contributed by atoms with E-state index in [0.29, 0.717) is 5.69 Å². The van der Waals surface area contributed by atoms with Crippen molar-refractivity contribution in [1.29, 1.82) is 0 Å². The molecule has 3 N–H and O–H groups in total. The molecule has 0 saturated heterocycles. The molecular weight excluding hydrogens is 466 g/mol. The van der Waals surface area contributed by atoms with Crippen LogP contribution in [0.25, 0.3) is 0 Å². The van der Waals surface area contributed by atoms with Crippen molar-refractivity contribution in [2.45, 2.75) is 16.7 Å². The predicted molar refractivity (Wildman–Crippen MR) is 126 cm³/mol. The molecule has 0 aromatic heterocycles. The summed E-state index contributed by atoms with van der Waals surface area (Å²) >= 11 is 0. The molecule has 174 valence electrons. The van der Waals surface area contributed by atoms with Gasteiger partial charge < -0.3 is 10.1 Å². The maximum absolute atomic E-state index is 12.8. The number of anilines is 2. The first-order valence-corrected chi connectivity index (χ1v) is 12.6. The fourth-order valence-corrected chi connectivity index (χ4v) is 5.06. The van der Waals surface area contributed by atoms with Crippen molar-refractivity contribution in [3.8, 4) is 5.75 Å². The molecule has 3 aromatic carbocycles. The van der Waals surface area contributed by atoms with Crippen LogP contribution >= 0.6 is 0 Å². The maximum atomic E-state index is 12.8. The number of carbonyl (C=O) groups is 1. The molecule has 0 saturated carbocycles. The smallest absolute Gasteiger partial charge is 0.261 e. The summed E-state index contributed by atoms with van der Waals surface area (Å²) in [6.07, 6.45) is 0. The highest BCUT2D eigenvalue weighted by molar-refractivity contribution is 7.93. The van der Waals surface area contributed by atoms with Crippen LogP contribution in [0.4, 0.5) is 11.4 Å². The van der Waals surface area contributed by atoms with Crippen LogP contribution in [0.1, 0.15) is 15.9 Å². The minimum atomic E-state index is -4.05. The van der Waals surface area contributed by atoms with Crippen LogP contribution in [0.15, 0.2) is 76.5 Å². The monoisotopic (exact) mass is 489 g/mol. The average molecular weight is 490 g/mol. The van der Waals surface area contributed by atoms with E-state index in [9.17, 15) is 21.6 Å². The molecule has 0 radical (unpaired) electrons. The van der Waals surface area contributed by atoms with Gasteiger partial charge in [0.1, 0.15) is 5.75 Å². The highest BCUT2D eigenvalue weighted by atomic mass is 32.2. The standard InChI is InChI=1S/C22H23N3O6S2/c1-15-4-6-16(7-5-15)24-32(27,28)18-10-8-17(9-11-18)25-33(29,30)19-12-13-21(31-3)20(14-19)22(26)23-2/h4-14,24-25H,1-3H3,(H,23,26). The van der Waals surface area contributed by atoms with E-state index in [1.165, 1.54) is 56.6 Å². The van der Waals surface area contributed by atoms with Crippen LogP contribution in [-0.4, -0.2) is 36.9 Å². The number of benzene rings is 3. The molecule has 0 fully saturated rings. The van der Waals surface area contributed by atoms with Crippen molar-refractivity contribution in [3.63, 3.8) is 0 Å². The molecule has 0 aliphatic carbocycles. The van der Waals surface area contributed by atoms with E-state index in [4.69, 9.17) is 4.74 Å². The third-order valence-electron chi connectivity index (χ3n) is 4.67. The van der Waals surface area contributed by atoms with Gasteiger partial charge >= 0.3 is 0 Å². The Morgan fingerprint density at radius 2 is 1.24 bits per heavy atom. The zero-order valence-corrected chi connectivity index (χ0v) is 19.7. The molecule has 3 rings (SSSR count). The number of ether oxygens (including phenoxy) is 1. The number of hydrogen-bond acceptors (Lipinski definition) is 6. The summed E-state index contributed by atoms with van der Waals surface area (Å²) < 4.78 is 60.7. The molecule has 33 heavy (non-hydrogen) atoms. The summed E-state index contributed by atoms with van der Waals surface area (Å²) in [4.78, 5) is 11.9. The van der Waals surface area contributed by atoms with Gasteiger partial charge in [-0.05, 0) is 61.5 Å². The third kappa shape index (κ3) is 5.62. The molecule has 0 atom stereocenters. The fourth-order valence-electron chi connectivity index (χ4n) is 2.92. The minimum Gasteiger partial charge on any atom is -0.496 e. The Labute approximate surface area is 192 Å². The van der Waals surface area contributed by atoms with Gasteiger partial charge in [-0.15, -0.1) is 0 Å². The number of rotatable bonds is 8. The van der Waals surface area contributed by atoms with E-state index < -0.39 is 26.0 Å². The summed E-state index contributed by atoms with van der Waals surface area (Å²) in [5, 5.41) is 2.43. The van der Waals surface area contributed by atoms with Crippen LogP contribution in [-0.2, 0) is 20.0 Å². The highest BCUT2D eigenvalue weighted by Crippen LogP contribution is 2.25. The molecule has 0 heterocycles. The van der Waals surface area contributed by atoms with E-state index in [2.05, 4.69) is 14.8 Å². The molecule has 3 aromatic rings. The first-order valence-electron chi connectivity index (χ1n) is 9.68. The van der Waals surface area contributed by atoms with Crippen molar-refractivity contribution < 1.29 is 26.4 Å². The van der Waals surface area contributed by atoms with Gasteiger partial charge in [-0.25, -0.2) is 16.8 Å². The van der Waals surface area contributed by atoms with E-state index in [1.807, 2.05) is 6.92 Å². The van der Waals surface area contributed by atoms with Crippen molar-refractivity contribution in [1.82, 2.24) is 5.32 Å². The Bertz CT molecular complexity index is 1370. The summed E-state index contributed by atoms with van der Waals surface area (Å²) in [5.41, 5.74) is 1.62. The summed E-state index contributed by atoms with van der Waals surface area (Å²) in [7, 11) is -5.11. The third-order valence-corrected chi connectivity index (χ3v) is 7.45. The van der Waals surface area contributed by atoms with E-state index >= 15 is 0 Å². The minimum absolute atomic E-state index is 0.0302. The zero-order chi connectivity index (χ0) is 24.2. The van der Waals surface area contributed by atoms with Crippen molar-refractivity contribution >= 4 is 37.3 Å². The van der Waals surface area contributed by atoms with Crippen molar-refractivity contribution in [2.75, 3.05) is 23.6 Å². The van der Waals surface area contributed by atoms with Crippen molar-refractivity contribution in [3.05, 3.63) is 77.9 Å². The normalized spacial score (nSPS) is 11.5. The van der Waals surface area contributed by atoms with Gasteiger partial charge in [0.05, 0.1) is 22.5 Å². The number of amides is 1. The van der Waals surface area contributed by atoms with Gasteiger partial charge in [-0.1, -0.05) is 17.7 Å². The SMILES string of the molecule is CNC(=O)c1cc(S(=O)(=O)Nc2ccc(S(=O)(=O)Nc3ccc(C)cc3)cc2)ccc1OC. The second-order valence-electron chi connectivity index (χ2n) is 7.04. The van der Waals surface area contributed by atoms with Crippen LogP contribution in [0.3, 0.4) is 0 Å². The second kappa shape index (κ2) is 9.51. The number of carbonyl (C=O) groups excluding carboxylic acids is 1. The Kier molecular flexibility index (Phi) is 6.94. The number of sulfonamides is 2. The first kappa shape index (κ1) is 24.1. The number of nitrogens with one attached hydrogen (secondary N) is 3. The first-order chi connectivity index (χ1) is 15.6. The highest BCUT2D eigenvalue weighted by Gasteiger charge is 2.20. The number of hydrogen-bond donors (Lipinski definition) is 3. The van der Waals surface area contributed by atoms with Crippen molar-refractivity contribution in [2.24, 2.45) is 0 Å². The lowest BCUT2D eigenvalue weighted by Crippen LogP contribution is -2.20. The summed E-state index contributed by atoms with van der Waals surface area (Å²) in [6, 6.07) is 16.0. The Morgan fingerprint density at radius 3 is 1.76 bits per heavy atom. The van der Waals surface area contributed by atoms with Gasteiger partial charge in [-0.2, -0.15) is 0 Å². The molecule has 0 aliphatic heterocycles. The molecular formula is C22H23N3O6S2. The van der Waals surface area contributed by atoms with Gasteiger partial charge in [-0.3, -0.25) is 14.2 Å². The zero-order valence-electron chi connectivity index (χ0n) is 18.1. The van der Waals surface area contributed by atoms with Gasteiger partial charge in [0.15, 0.2) is 0 Å². The maximum Gasteiger partial charge on any atom is 0.261 e. The van der Waals surface area contributed by atoms with E-state index in [0.717, 1.165) is 5.56 Å². The van der Waals surface area contributed by atoms with Gasteiger partial charge in [0.2, 0.25) is 0 Å². The van der Waals surface area contributed by atoms with Gasteiger partial charge in [0, 0.05) is 18.4 Å². The largest absolute Gasteiger partial charge is 0.496 e. The lowest BCUT2D eigenvalue weighted by Gasteiger charge is -2.12. The molecule has 9 nitrogen and oxygen atoms in total. The molecule has 0 aliphatic rings. The fraction of sp³-hybridized carbons (Fsp3) is 0.136.